The first-order chi connectivity index (χ1) is 8.62. The summed E-state index contributed by atoms with van der Waals surface area (Å²) in [5, 5.41) is 13.9. The predicted octanol–water partition coefficient (Wildman–Crippen LogP) is 2.87. The summed E-state index contributed by atoms with van der Waals surface area (Å²) in [6.07, 6.45) is 1.08. The van der Waals surface area contributed by atoms with Gasteiger partial charge in [-0.05, 0) is 31.1 Å². The molecule has 5 heteroatoms. The highest BCUT2D eigenvalue weighted by Gasteiger charge is 2.12. The Balaban J connectivity index is 2.96. The minimum absolute atomic E-state index is 0.150. The van der Waals surface area contributed by atoms with E-state index in [0.717, 1.165) is 37.3 Å². The number of hydrogen-bond donors (Lipinski definition) is 1. The van der Waals surface area contributed by atoms with Crippen molar-refractivity contribution in [3.8, 4) is 0 Å². The van der Waals surface area contributed by atoms with Crippen LogP contribution in [0, 0.1) is 10.1 Å². The third kappa shape index (κ3) is 3.70. The maximum absolute atomic E-state index is 10.8. The van der Waals surface area contributed by atoms with Gasteiger partial charge in [0.25, 0.3) is 5.69 Å². The minimum Gasteiger partial charge on any atom is -0.388 e. The quantitative estimate of drug-likeness (QED) is 0.598. The smallest absolute Gasteiger partial charge is 0.269 e. The molecule has 5 nitrogen and oxygen atoms in total. The Hall–Kier alpha value is -1.62. The number of nitro benzene ring substituents is 1. The van der Waals surface area contributed by atoms with Crippen LogP contribution in [0.25, 0.3) is 0 Å². The SMILES string of the molecule is CCCN(CC)Cc1cc([N+](=O)[O-])ccc1NC. The van der Waals surface area contributed by atoms with Crippen molar-refractivity contribution in [2.75, 3.05) is 25.5 Å². The minimum atomic E-state index is -0.348. The Morgan fingerprint density at radius 3 is 2.61 bits per heavy atom. The Morgan fingerprint density at radius 2 is 2.11 bits per heavy atom. The molecule has 0 spiro atoms. The molecule has 0 saturated heterocycles. The molecule has 0 amide bonds. The number of rotatable bonds is 7. The van der Waals surface area contributed by atoms with E-state index in [4.69, 9.17) is 0 Å². The molecular weight excluding hydrogens is 230 g/mol. The first kappa shape index (κ1) is 14.4. The summed E-state index contributed by atoms with van der Waals surface area (Å²) in [6, 6.07) is 4.96. The standard InChI is InChI=1S/C13H21N3O2/c1-4-8-15(5-2)10-11-9-12(16(17)18)6-7-13(11)14-3/h6-7,9,14H,4-5,8,10H2,1-3H3. The summed E-state index contributed by atoms with van der Waals surface area (Å²) >= 11 is 0. The highest BCUT2D eigenvalue weighted by atomic mass is 16.6. The van der Waals surface area contributed by atoms with Crippen LogP contribution in [-0.2, 0) is 6.54 Å². The van der Waals surface area contributed by atoms with Crippen LogP contribution in [0.15, 0.2) is 18.2 Å². The fraction of sp³-hybridized carbons (Fsp3) is 0.538. The number of hydrogen-bond acceptors (Lipinski definition) is 4. The lowest BCUT2D eigenvalue weighted by molar-refractivity contribution is -0.384. The maximum atomic E-state index is 10.8. The van der Waals surface area contributed by atoms with E-state index in [1.165, 1.54) is 6.07 Å². The van der Waals surface area contributed by atoms with E-state index in [9.17, 15) is 10.1 Å². The molecule has 18 heavy (non-hydrogen) atoms. The fourth-order valence-electron chi connectivity index (χ4n) is 1.97. The van der Waals surface area contributed by atoms with Gasteiger partial charge in [0.05, 0.1) is 4.92 Å². The molecule has 0 aromatic heterocycles. The maximum Gasteiger partial charge on any atom is 0.269 e. The lowest BCUT2D eigenvalue weighted by atomic mass is 10.1. The zero-order chi connectivity index (χ0) is 13.5. The van der Waals surface area contributed by atoms with E-state index in [1.54, 1.807) is 12.1 Å². The molecule has 0 unspecified atom stereocenters. The first-order valence-electron chi connectivity index (χ1n) is 6.29. The summed E-state index contributed by atoms with van der Waals surface area (Å²) in [4.78, 5) is 12.7. The van der Waals surface area contributed by atoms with Crippen LogP contribution >= 0.6 is 0 Å². The normalized spacial score (nSPS) is 10.7. The zero-order valence-electron chi connectivity index (χ0n) is 11.3. The Bertz CT molecular complexity index is 407. The van der Waals surface area contributed by atoms with E-state index in [-0.39, 0.29) is 10.6 Å². The van der Waals surface area contributed by atoms with Crippen LogP contribution in [0.5, 0.6) is 0 Å². The van der Waals surface area contributed by atoms with Crippen LogP contribution in [-0.4, -0.2) is 30.0 Å². The van der Waals surface area contributed by atoms with E-state index < -0.39 is 0 Å². The Morgan fingerprint density at radius 1 is 1.39 bits per heavy atom. The molecule has 0 aliphatic carbocycles. The average molecular weight is 251 g/mol. The van der Waals surface area contributed by atoms with Crippen molar-refractivity contribution in [1.82, 2.24) is 4.90 Å². The molecule has 1 aromatic rings. The summed E-state index contributed by atoms with van der Waals surface area (Å²) in [6.45, 7) is 6.92. The zero-order valence-corrected chi connectivity index (χ0v) is 11.3. The molecule has 0 atom stereocenters. The van der Waals surface area contributed by atoms with Crippen molar-refractivity contribution in [3.63, 3.8) is 0 Å². The average Bonchev–Trinajstić information content (AvgIpc) is 2.37. The lowest BCUT2D eigenvalue weighted by Gasteiger charge is -2.21. The van der Waals surface area contributed by atoms with Gasteiger partial charge < -0.3 is 5.32 Å². The van der Waals surface area contributed by atoms with Gasteiger partial charge in [-0.15, -0.1) is 0 Å². The van der Waals surface area contributed by atoms with Crippen molar-refractivity contribution in [1.29, 1.82) is 0 Å². The molecule has 0 heterocycles. The molecule has 1 rings (SSSR count). The molecule has 0 aliphatic rings. The Kier molecular flexibility index (Phi) is 5.58. The van der Waals surface area contributed by atoms with Gasteiger partial charge in [-0.3, -0.25) is 15.0 Å². The Labute approximate surface area is 108 Å². The van der Waals surface area contributed by atoms with Crippen LogP contribution in [0.3, 0.4) is 0 Å². The van der Waals surface area contributed by atoms with E-state index in [1.807, 2.05) is 7.05 Å². The van der Waals surface area contributed by atoms with Gasteiger partial charge in [0.1, 0.15) is 0 Å². The first-order valence-corrected chi connectivity index (χ1v) is 6.29. The predicted molar refractivity (Wildman–Crippen MR) is 73.9 cm³/mol. The molecule has 0 aliphatic heterocycles. The summed E-state index contributed by atoms with van der Waals surface area (Å²) in [5.41, 5.74) is 2.08. The molecular formula is C13H21N3O2. The number of nitrogens with one attached hydrogen (secondary N) is 1. The second kappa shape index (κ2) is 6.96. The van der Waals surface area contributed by atoms with Crippen molar-refractivity contribution < 1.29 is 4.92 Å². The second-order valence-electron chi connectivity index (χ2n) is 4.22. The van der Waals surface area contributed by atoms with Gasteiger partial charge in [0.15, 0.2) is 0 Å². The van der Waals surface area contributed by atoms with Gasteiger partial charge in [0, 0.05) is 31.4 Å². The molecule has 0 bridgehead atoms. The number of nitrogens with zero attached hydrogens (tertiary/aromatic N) is 2. The van der Waals surface area contributed by atoms with E-state index in [0.29, 0.717) is 0 Å². The van der Waals surface area contributed by atoms with E-state index >= 15 is 0 Å². The molecule has 0 fully saturated rings. The largest absolute Gasteiger partial charge is 0.388 e. The van der Waals surface area contributed by atoms with Crippen LogP contribution in [0.4, 0.5) is 11.4 Å². The van der Waals surface area contributed by atoms with Crippen molar-refractivity contribution in [3.05, 3.63) is 33.9 Å². The molecule has 100 valence electrons. The second-order valence-corrected chi connectivity index (χ2v) is 4.22. The van der Waals surface area contributed by atoms with Gasteiger partial charge in [-0.2, -0.15) is 0 Å². The van der Waals surface area contributed by atoms with Gasteiger partial charge >= 0.3 is 0 Å². The number of benzene rings is 1. The number of anilines is 1. The fourth-order valence-corrected chi connectivity index (χ4v) is 1.97. The highest BCUT2D eigenvalue weighted by molar-refractivity contribution is 5.55. The lowest BCUT2D eigenvalue weighted by Crippen LogP contribution is -2.24. The van der Waals surface area contributed by atoms with Crippen LogP contribution in [0.1, 0.15) is 25.8 Å². The van der Waals surface area contributed by atoms with Crippen molar-refractivity contribution in [2.45, 2.75) is 26.8 Å². The monoisotopic (exact) mass is 251 g/mol. The van der Waals surface area contributed by atoms with E-state index in [2.05, 4.69) is 24.1 Å². The van der Waals surface area contributed by atoms with Gasteiger partial charge in [-0.1, -0.05) is 13.8 Å². The highest BCUT2D eigenvalue weighted by Crippen LogP contribution is 2.23. The van der Waals surface area contributed by atoms with Crippen molar-refractivity contribution >= 4 is 11.4 Å². The molecule has 1 N–H and O–H groups in total. The topological polar surface area (TPSA) is 58.4 Å². The number of nitro groups is 1. The third-order valence-corrected chi connectivity index (χ3v) is 2.95. The molecule has 0 radical (unpaired) electrons. The summed E-state index contributed by atoms with van der Waals surface area (Å²) in [5.74, 6) is 0. The molecule has 0 saturated carbocycles. The van der Waals surface area contributed by atoms with Crippen molar-refractivity contribution in [2.24, 2.45) is 0 Å². The summed E-state index contributed by atoms with van der Waals surface area (Å²) < 4.78 is 0. The van der Waals surface area contributed by atoms with Crippen LogP contribution in [0.2, 0.25) is 0 Å². The van der Waals surface area contributed by atoms with Gasteiger partial charge in [0.2, 0.25) is 0 Å². The van der Waals surface area contributed by atoms with Crippen LogP contribution < -0.4 is 5.32 Å². The third-order valence-electron chi connectivity index (χ3n) is 2.95. The van der Waals surface area contributed by atoms with Gasteiger partial charge in [-0.25, -0.2) is 0 Å². The molecule has 1 aromatic carbocycles. The number of non-ortho nitro benzene ring substituents is 1. The summed E-state index contributed by atoms with van der Waals surface area (Å²) in [7, 11) is 1.83.